The molecule has 1 aromatic heterocycles. The number of benzene rings is 2. The number of nitrogens with zero attached hydrogens (tertiary/aromatic N) is 1. The third-order valence-electron chi connectivity index (χ3n) is 6.07. The summed E-state index contributed by atoms with van der Waals surface area (Å²) in [6, 6.07) is 16.4. The number of H-pyrrole nitrogens is 1. The van der Waals surface area contributed by atoms with Crippen molar-refractivity contribution in [1.29, 1.82) is 0 Å². The monoisotopic (exact) mass is 406 g/mol. The molecule has 0 radical (unpaired) electrons. The zero-order valence-corrected chi connectivity index (χ0v) is 18.0. The second-order valence-electron chi connectivity index (χ2n) is 8.22. The Labute approximate surface area is 178 Å². The molecule has 5 nitrogen and oxygen atoms in total. The number of para-hydroxylation sites is 1. The lowest BCUT2D eigenvalue weighted by Crippen LogP contribution is -3.13. The quantitative estimate of drug-likeness (QED) is 0.593. The highest BCUT2D eigenvalue weighted by atomic mass is 16.5. The van der Waals surface area contributed by atoms with Crippen molar-refractivity contribution in [3.8, 4) is 5.75 Å². The van der Waals surface area contributed by atoms with Crippen LogP contribution in [0.5, 0.6) is 5.75 Å². The molecule has 1 fully saturated rings. The van der Waals surface area contributed by atoms with Crippen molar-refractivity contribution in [2.45, 2.75) is 33.2 Å². The summed E-state index contributed by atoms with van der Waals surface area (Å²) >= 11 is 0. The number of hydrogen-bond acceptors (Lipinski definition) is 3. The molecule has 1 saturated heterocycles. The smallest absolute Gasteiger partial charge is 0.198 e. The molecule has 0 bridgehead atoms. The van der Waals surface area contributed by atoms with Gasteiger partial charge in [-0.15, -0.1) is 0 Å². The van der Waals surface area contributed by atoms with Crippen molar-refractivity contribution in [1.82, 2.24) is 4.98 Å². The third kappa shape index (κ3) is 4.51. The molecule has 0 saturated carbocycles. The van der Waals surface area contributed by atoms with Gasteiger partial charge in [0.25, 0.3) is 0 Å². The van der Waals surface area contributed by atoms with Crippen molar-refractivity contribution in [3.05, 3.63) is 70.0 Å². The van der Waals surface area contributed by atoms with Crippen LogP contribution in [0.15, 0.2) is 53.3 Å². The SMILES string of the molecule is CCCCOc1ccc2[nH]c(C)c(C[NH+]3CCN(c4ccccc4)CC3)c(=O)c2c1. The van der Waals surface area contributed by atoms with Gasteiger partial charge in [-0.3, -0.25) is 4.79 Å². The number of aromatic amines is 1. The van der Waals surface area contributed by atoms with Crippen LogP contribution in [0.2, 0.25) is 0 Å². The highest BCUT2D eigenvalue weighted by Crippen LogP contribution is 2.19. The van der Waals surface area contributed by atoms with Gasteiger partial charge in [-0.1, -0.05) is 31.5 Å². The third-order valence-corrected chi connectivity index (χ3v) is 6.07. The Morgan fingerprint density at radius 3 is 2.60 bits per heavy atom. The van der Waals surface area contributed by atoms with Crippen LogP contribution in [0.1, 0.15) is 31.0 Å². The van der Waals surface area contributed by atoms with E-state index in [1.807, 2.05) is 25.1 Å². The van der Waals surface area contributed by atoms with Gasteiger partial charge >= 0.3 is 0 Å². The van der Waals surface area contributed by atoms with Crippen LogP contribution < -0.4 is 20.0 Å². The molecule has 4 rings (SSSR count). The molecule has 0 amide bonds. The number of piperazine rings is 1. The van der Waals surface area contributed by atoms with E-state index in [2.05, 4.69) is 47.1 Å². The number of unbranched alkanes of at least 4 members (excludes halogenated alkanes) is 1. The van der Waals surface area contributed by atoms with Gasteiger partial charge < -0.3 is 19.5 Å². The predicted octanol–water partition coefficient (Wildman–Crippen LogP) is 2.92. The first-order valence-corrected chi connectivity index (χ1v) is 11.1. The Balaban J connectivity index is 1.49. The van der Waals surface area contributed by atoms with E-state index in [9.17, 15) is 4.79 Å². The van der Waals surface area contributed by atoms with E-state index in [1.54, 1.807) is 0 Å². The van der Waals surface area contributed by atoms with Crippen LogP contribution in [-0.2, 0) is 6.54 Å². The van der Waals surface area contributed by atoms with E-state index >= 15 is 0 Å². The first kappa shape index (κ1) is 20.5. The molecule has 1 aliphatic rings. The van der Waals surface area contributed by atoms with Crippen LogP contribution in [0, 0.1) is 6.92 Å². The number of aryl methyl sites for hydroxylation is 1. The minimum atomic E-state index is 0.139. The number of hydrogen-bond donors (Lipinski definition) is 2. The number of anilines is 1. The lowest BCUT2D eigenvalue weighted by Gasteiger charge is -2.33. The van der Waals surface area contributed by atoms with Gasteiger partial charge in [0.2, 0.25) is 0 Å². The van der Waals surface area contributed by atoms with E-state index in [0.717, 1.165) is 73.5 Å². The van der Waals surface area contributed by atoms with Crippen LogP contribution in [0.4, 0.5) is 5.69 Å². The maximum Gasteiger partial charge on any atom is 0.198 e. The number of rotatable bonds is 7. The van der Waals surface area contributed by atoms with Gasteiger partial charge in [0.1, 0.15) is 12.3 Å². The fourth-order valence-corrected chi connectivity index (χ4v) is 4.21. The summed E-state index contributed by atoms with van der Waals surface area (Å²) in [6.07, 6.45) is 2.11. The van der Waals surface area contributed by atoms with E-state index in [0.29, 0.717) is 6.61 Å². The Hall–Kier alpha value is -2.79. The number of nitrogens with one attached hydrogen (secondary N) is 2. The maximum absolute atomic E-state index is 13.3. The number of pyridine rings is 1. The van der Waals surface area contributed by atoms with Gasteiger partial charge in [0, 0.05) is 22.3 Å². The topological polar surface area (TPSA) is 49.8 Å². The summed E-state index contributed by atoms with van der Waals surface area (Å²) in [5, 5.41) is 0.729. The second kappa shape index (κ2) is 9.35. The van der Waals surface area contributed by atoms with Crippen molar-refractivity contribution in [2.24, 2.45) is 0 Å². The Morgan fingerprint density at radius 2 is 1.87 bits per heavy atom. The molecule has 2 heterocycles. The van der Waals surface area contributed by atoms with Crippen LogP contribution in [0.25, 0.3) is 10.9 Å². The normalized spacial score (nSPS) is 14.9. The van der Waals surface area contributed by atoms with Crippen molar-refractivity contribution in [3.63, 3.8) is 0 Å². The standard InChI is InChI=1S/C25H31N3O2/c1-3-4-16-30-21-10-11-24-22(17-21)25(29)23(19(2)26-24)18-27-12-14-28(15-13-27)20-8-6-5-7-9-20/h5-11,17H,3-4,12-16,18H2,1-2H3,(H,26,29)/p+1. The lowest BCUT2D eigenvalue weighted by atomic mass is 10.1. The zero-order valence-electron chi connectivity index (χ0n) is 18.0. The number of quaternary nitrogens is 1. The molecule has 0 unspecified atom stereocenters. The van der Waals surface area contributed by atoms with Crippen LogP contribution >= 0.6 is 0 Å². The second-order valence-corrected chi connectivity index (χ2v) is 8.22. The zero-order chi connectivity index (χ0) is 20.9. The van der Waals surface area contributed by atoms with Gasteiger partial charge in [0.05, 0.1) is 38.3 Å². The molecular formula is C25H32N3O2+. The fourth-order valence-electron chi connectivity index (χ4n) is 4.21. The molecule has 0 spiro atoms. The Bertz CT molecular complexity index is 1040. The molecule has 30 heavy (non-hydrogen) atoms. The number of ether oxygens (including phenoxy) is 1. The number of aromatic nitrogens is 1. The average molecular weight is 407 g/mol. The Morgan fingerprint density at radius 1 is 1.10 bits per heavy atom. The molecule has 1 aliphatic heterocycles. The maximum atomic E-state index is 13.3. The first-order valence-electron chi connectivity index (χ1n) is 11.1. The van der Waals surface area contributed by atoms with Crippen molar-refractivity contribution in [2.75, 3.05) is 37.7 Å². The van der Waals surface area contributed by atoms with Gasteiger partial charge in [0.15, 0.2) is 5.43 Å². The summed E-state index contributed by atoms with van der Waals surface area (Å²) in [7, 11) is 0. The first-order chi connectivity index (χ1) is 14.7. The molecule has 2 aromatic carbocycles. The van der Waals surface area contributed by atoms with Gasteiger partial charge in [-0.25, -0.2) is 0 Å². The molecule has 2 N–H and O–H groups in total. The fraction of sp³-hybridized carbons (Fsp3) is 0.400. The van der Waals surface area contributed by atoms with E-state index in [-0.39, 0.29) is 5.43 Å². The van der Waals surface area contributed by atoms with Gasteiger partial charge in [-0.2, -0.15) is 0 Å². The van der Waals surface area contributed by atoms with E-state index in [4.69, 9.17) is 4.74 Å². The highest BCUT2D eigenvalue weighted by molar-refractivity contribution is 5.81. The molecular weight excluding hydrogens is 374 g/mol. The molecule has 0 atom stereocenters. The summed E-state index contributed by atoms with van der Waals surface area (Å²) < 4.78 is 5.82. The molecule has 0 aliphatic carbocycles. The summed E-state index contributed by atoms with van der Waals surface area (Å²) in [5.41, 5.74) is 4.18. The Kier molecular flexibility index (Phi) is 6.38. The van der Waals surface area contributed by atoms with Crippen molar-refractivity contribution < 1.29 is 9.64 Å². The minimum absolute atomic E-state index is 0.139. The molecule has 5 heteroatoms. The van der Waals surface area contributed by atoms with Crippen LogP contribution in [0.3, 0.4) is 0 Å². The van der Waals surface area contributed by atoms with E-state index < -0.39 is 0 Å². The van der Waals surface area contributed by atoms with Crippen molar-refractivity contribution >= 4 is 16.6 Å². The molecule has 3 aromatic rings. The summed E-state index contributed by atoms with van der Waals surface area (Å²) in [6.45, 7) is 9.71. The minimum Gasteiger partial charge on any atom is -0.494 e. The molecule has 158 valence electrons. The van der Waals surface area contributed by atoms with E-state index in [1.165, 1.54) is 10.6 Å². The number of fused-ring (bicyclic) bond motifs is 1. The summed E-state index contributed by atoms with van der Waals surface area (Å²) in [4.78, 5) is 20.6. The predicted molar refractivity (Wildman–Crippen MR) is 123 cm³/mol. The van der Waals surface area contributed by atoms with Crippen LogP contribution in [-0.4, -0.2) is 37.8 Å². The summed E-state index contributed by atoms with van der Waals surface area (Å²) in [5.74, 6) is 0.778. The largest absolute Gasteiger partial charge is 0.494 e. The average Bonchev–Trinajstić information content (AvgIpc) is 2.78. The van der Waals surface area contributed by atoms with Gasteiger partial charge in [-0.05, 0) is 43.7 Å². The lowest BCUT2D eigenvalue weighted by molar-refractivity contribution is -0.914. The highest BCUT2D eigenvalue weighted by Gasteiger charge is 2.22.